The Morgan fingerprint density at radius 2 is 1.85 bits per heavy atom. The van der Waals surface area contributed by atoms with Crippen molar-refractivity contribution < 1.29 is 9.59 Å². The van der Waals surface area contributed by atoms with Crippen molar-refractivity contribution in [2.24, 2.45) is 5.73 Å². The van der Waals surface area contributed by atoms with E-state index in [-0.39, 0.29) is 24.2 Å². The van der Waals surface area contributed by atoms with Crippen LogP contribution in [-0.4, -0.2) is 60.4 Å². The van der Waals surface area contributed by atoms with Crippen LogP contribution < -0.4 is 11.1 Å². The third-order valence-corrected chi connectivity index (χ3v) is 4.85. The molecule has 1 heterocycles. The molecule has 1 aromatic carbocycles. The number of carbonyl (C=O) groups is 2. The Morgan fingerprint density at radius 3 is 2.46 bits per heavy atom. The van der Waals surface area contributed by atoms with Crippen LogP contribution in [0.3, 0.4) is 0 Å². The maximum absolute atomic E-state index is 12.3. The van der Waals surface area contributed by atoms with Gasteiger partial charge >= 0.3 is 0 Å². The van der Waals surface area contributed by atoms with Crippen LogP contribution in [0, 0.1) is 13.8 Å². The van der Waals surface area contributed by atoms with Crippen LogP contribution in [0.1, 0.15) is 30.9 Å². The van der Waals surface area contributed by atoms with Crippen LogP contribution in [0.5, 0.6) is 0 Å². The zero-order chi connectivity index (χ0) is 18.4. The molecule has 1 atom stereocenters. The van der Waals surface area contributed by atoms with Crippen molar-refractivity contribution in [3.8, 4) is 0 Å². The molecule has 1 aliphatic heterocycles. The molecule has 6 nitrogen and oxygen atoms in total. The summed E-state index contributed by atoms with van der Waals surface area (Å²) >= 11 is 0. The first kappa shape index (κ1) is 22.4. The van der Waals surface area contributed by atoms with E-state index in [1.54, 1.807) is 0 Å². The lowest BCUT2D eigenvalue weighted by Gasteiger charge is -2.35. The minimum Gasteiger partial charge on any atom is -0.339 e. The van der Waals surface area contributed by atoms with E-state index < -0.39 is 6.04 Å². The Kier molecular flexibility index (Phi) is 9.05. The first-order chi connectivity index (χ1) is 11.9. The van der Waals surface area contributed by atoms with Crippen molar-refractivity contribution in [1.29, 1.82) is 0 Å². The number of nitrogens with zero attached hydrogens (tertiary/aromatic N) is 2. The largest absolute Gasteiger partial charge is 0.339 e. The Bertz CT molecular complexity index is 616. The van der Waals surface area contributed by atoms with Crippen molar-refractivity contribution >= 4 is 29.9 Å². The average Bonchev–Trinajstić information content (AvgIpc) is 2.59. The highest BCUT2D eigenvalue weighted by atomic mass is 35.5. The lowest BCUT2D eigenvalue weighted by Crippen LogP contribution is -2.54. The summed E-state index contributed by atoms with van der Waals surface area (Å²) < 4.78 is 0. The van der Waals surface area contributed by atoms with Gasteiger partial charge in [-0.2, -0.15) is 0 Å². The Hall–Kier alpha value is -1.63. The van der Waals surface area contributed by atoms with Gasteiger partial charge in [-0.1, -0.05) is 25.5 Å². The summed E-state index contributed by atoms with van der Waals surface area (Å²) in [4.78, 5) is 28.4. The molecule has 0 aromatic heterocycles. The SMILES string of the molecule is CCCC(N)C(=O)N1CCN(CC(=O)Nc2cccc(C)c2C)CC1.Cl. The number of anilines is 1. The molecular weight excluding hydrogens is 352 g/mol. The predicted octanol–water partition coefficient (Wildman–Crippen LogP) is 1.94. The van der Waals surface area contributed by atoms with Gasteiger partial charge in [0.25, 0.3) is 0 Å². The minimum atomic E-state index is -0.399. The van der Waals surface area contributed by atoms with Crippen LogP contribution in [0.25, 0.3) is 0 Å². The number of nitrogens with one attached hydrogen (secondary N) is 1. The number of hydrogen-bond donors (Lipinski definition) is 2. The number of hydrogen-bond acceptors (Lipinski definition) is 4. The number of aryl methyl sites for hydroxylation is 1. The Balaban J connectivity index is 0.00000338. The molecule has 0 radical (unpaired) electrons. The van der Waals surface area contributed by atoms with Gasteiger partial charge in [-0.15, -0.1) is 12.4 Å². The third-order valence-electron chi connectivity index (χ3n) is 4.85. The van der Waals surface area contributed by atoms with E-state index in [4.69, 9.17) is 5.73 Å². The standard InChI is InChI=1S/C19H30N4O2.ClH/c1-4-6-16(20)19(25)23-11-9-22(10-12-23)13-18(24)21-17-8-5-7-14(2)15(17)3;/h5,7-8,16H,4,6,9-13,20H2,1-3H3,(H,21,24);1H. The number of benzene rings is 1. The fraction of sp³-hybridized carbons (Fsp3) is 0.579. The third kappa shape index (κ3) is 5.97. The summed E-state index contributed by atoms with van der Waals surface area (Å²) in [6, 6.07) is 5.50. The molecule has 3 N–H and O–H groups in total. The van der Waals surface area contributed by atoms with Gasteiger partial charge in [-0.3, -0.25) is 14.5 Å². The van der Waals surface area contributed by atoms with Crippen LogP contribution >= 0.6 is 12.4 Å². The molecule has 1 unspecified atom stereocenters. The summed E-state index contributed by atoms with van der Waals surface area (Å²) in [7, 11) is 0. The van der Waals surface area contributed by atoms with Crippen molar-refractivity contribution in [2.75, 3.05) is 38.0 Å². The topological polar surface area (TPSA) is 78.7 Å². The van der Waals surface area contributed by atoms with Crippen LogP contribution in [0.2, 0.25) is 0 Å². The summed E-state index contributed by atoms with van der Waals surface area (Å²) in [6.45, 7) is 9.07. The fourth-order valence-electron chi connectivity index (χ4n) is 3.07. The normalized spacial score (nSPS) is 15.9. The fourth-order valence-corrected chi connectivity index (χ4v) is 3.07. The Morgan fingerprint density at radius 1 is 1.19 bits per heavy atom. The quantitative estimate of drug-likeness (QED) is 0.788. The van der Waals surface area contributed by atoms with Gasteiger partial charge in [0, 0.05) is 31.9 Å². The van der Waals surface area contributed by atoms with Crippen molar-refractivity contribution in [1.82, 2.24) is 9.80 Å². The van der Waals surface area contributed by atoms with Crippen molar-refractivity contribution in [3.05, 3.63) is 29.3 Å². The Labute approximate surface area is 162 Å². The first-order valence-electron chi connectivity index (χ1n) is 9.05. The highest BCUT2D eigenvalue weighted by Gasteiger charge is 2.25. The zero-order valence-electron chi connectivity index (χ0n) is 16.0. The molecule has 1 saturated heterocycles. The molecule has 26 heavy (non-hydrogen) atoms. The van der Waals surface area contributed by atoms with Gasteiger partial charge in [0.1, 0.15) is 0 Å². The smallest absolute Gasteiger partial charge is 0.239 e. The van der Waals surface area contributed by atoms with Crippen LogP contribution in [0.4, 0.5) is 5.69 Å². The molecule has 2 rings (SSSR count). The van der Waals surface area contributed by atoms with Gasteiger partial charge in [0.05, 0.1) is 12.6 Å². The van der Waals surface area contributed by atoms with Gasteiger partial charge < -0.3 is 16.0 Å². The van der Waals surface area contributed by atoms with Gasteiger partial charge in [0.2, 0.25) is 11.8 Å². The maximum Gasteiger partial charge on any atom is 0.239 e. The highest BCUT2D eigenvalue weighted by Crippen LogP contribution is 2.18. The van der Waals surface area contributed by atoms with E-state index >= 15 is 0 Å². The van der Waals surface area contributed by atoms with E-state index in [0.29, 0.717) is 32.7 Å². The summed E-state index contributed by atoms with van der Waals surface area (Å²) in [6.07, 6.45) is 1.63. The second-order valence-corrected chi connectivity index (χ2v) is 6.79. The monoisotopic (exact) mass is 382 g/mol. The summed E-state index contributed by atoms with van der Waals surface area (Å²) in [5.41, 5.74) is 9.04. The minimum absolute atomic E-state index is 0. The second-order valence-electron chi connectivity index (χ2n) is 6.79. The van der Waals surface area contributed by atoms with E-state index in [1.807, 2.05) is 43.9 Å². The van der Waals surface area contributed by atoms with E-state index in [9.17, 15) is 9.59 Å². The number of nitrogens with two attached hydrogens (primary N) is 1. The van der Waals surface area contributed by atoms with Crippen LogP contribution in [0.15, 0.2) is 18.2 Å². The number of carbonyl (C=O) groups excluding carboxylic acids is 2. The molecule has 7 heteroatoms. The van der Waals surface area contributed by atoms with E-state index in [1.165, 1.54) is 0 Å². The van der Waals surface area contributed by atoms with Gasteiger partial charge in [0.15, 0.2) is 0 Å². The van der Waals surface area contributed by atoms with Crippen molar-refractivity contribution in [2.45, 2.75) is 39.7 Å². The summed E-state index contributed by atoms with van der Waals surface area (Å²) in [5, 5.41) is 2.99. The molecule has 0 aliphatic carbocycles. The molecule has 2 amide bonds. The lowest BCUT2D eigenvalue weighted by molar-refractivity contribution is -0.134. The van der Waals surface area contributed by atoms with E-state index in [0.717, 1.165) is 29.7 Å². The molecule has 1 aromatic rings. The highest BCUT2D eigenvalue weighted by molar-refractivity contribution is 5.93. The maximum atomic E-state index is 12.3. The number of rotatable bonds is 6. The number of piperazine rings is 1. The molecular formula is C19H31ClN4O2. The molecule has 0 spiro atoms. The molecule has 0 saturated carbocycles. The molecule has 146 valence electrons. The summed E-state index contributed by atoms with van der Waals surface area (Å²) in [5.74, 6) is 0.0116. The molecule has 1 aliphatic rings. The predicted molar refractivity (Wildman–Crippen MR) is 108 cm³/mol. The zero-order valence-corrected chi connectivity index (χ0v) is 16.8. The first-order valence-corrected chi connectivity index (χ1v) is 9.05. The number of amides is 2. The number of halogens is 1. The second kappa shape index (κ2) is 10.5. The lowest BCUT2D eigenvalue weighted by atomic mass is 10.1. The van der Waals surface area contributed by atoms with Gasteiger partial charge in [-0.05, 0) is 37.5 Å². The molecule has 0 bridgehead atoms. The van der Waals surface area contributed by atoms with Crippen LogP contribution in [-0.2, 0) is 9.59 Å². The van der Waals surface area contributed by atoms with Gasteiger partial charge in [-0.25, -0.2) is 0 Å². The van der Waals surface area contributed by atoms with E-state index in [2.05, 4.69) is 10.2 Å². The average molecular weight is 383 g/mol. The molecule has 1 fully saturated rings. The van der Waals surface area contributed by atoms with Crippen molar-refractivity contribution in [3.63, 3.8) is 0 Å².